The molecule has 1 aliphatic heterocycles. The first kappa shape index (κ1) is 13.9. The minimum Gasteiger partial charge on any atom is -0.352 e. The number of nitrogens with one attached hydrogen (secondary N) is 1. The Morgan fingerprint density at radius 3 is 2.53 bits per heavy atom. The fourth-order valence-electron chi connectivity index (χ4n) is 2.75. The van der Waals surface area contributed by atoms with Gasteiger partial charge < -0.3 is 11.1 Å². The predicted octanol–water partition coefficient (Wildman–Crippen LogP) is 0.936. The number of rotatable bonds is 2. The van der Waals surface area contributed by atoms with E-state index in [0.717, 1.165) is 31.3 Å². The third-order valence-corrected chi connectivity index (χ3v) is 3.81. The molecule has 2 rings (SSSR count). The minimum atomic E-state index is -0.751. The fraction of sp³-hybridized carbons (Fsp3) is 0.643. The summed E-state index contributed by atoms with van der Waals surface area (Å²) in [6.07, 6.45) is 5.42. The van der Waals surface area contributed by atoms with Gasteiger partial charge in [-0.1, -0.05) is 0 Å². The molecule has 1 fully saturated rings. The lowest BCUT2D eigenvalue weighted by molar-refractivity contribution is -0.132. The molecule has 0 aromatic rings. The molecule has 19 heavy (non-hydrogen) atoms. The van der Waals surface area contributed by atoms with Crippen LogP contribution in [0.4, 0.5) is 0 Å². The number of carbonyl (C=O) groups is 2. The van der Waals surface area contributed by atoms with E-state index in [0.29, 0.717) is 5.71 Å². The van der Waals surface area contributed by atoms with Crippen molar-refractivity contribution in [3.8, 4) is 0 Å². The molecule has 2 aliphatic rings. The van der Waals surface area contributed by atoms with E-state index in [1.165, 1.54) is 0 Å². The summed E-state index contributed by atoms with van der Waals surface area (Å²) in [4.78, 5) is 27.9. The maximum atomic E-state index is 12.2. The maximum absolute atomic E-state index is 12.2. The van der Waals surface area contributed by atoms with Crippen LogP contribution in [0, 0.1) is 5.92 Å². The van der Waals surface area contributed by atoms with Gasteiger partial charge in [0.25, 0.3) is 5.91 Å². The Morgan fingerprint density at radius 2 is 1.95 bits per heavy atom. The molecule has 1 aliphatic carbocycles. The highest BCUT2D eigenvalue weighted by molar-refractivity contribution is 6.13. The average Bonchev–Trinajstić information content (AvgIpc) is 2.30. The van der Waals surface area contributed by atoms with Crippen LogP contribution in [0.5, 0.6) is 0 Å². The Bertz CT molecular complexity index is 446. The Labute approximate surface area is 113 Å². The second-order valence-corrected chi connectivity index (χ2v) is 5.53. The lowest BCUT2D eigenvalue weighted by atomic mass is 9.90. The second kappa shape index (κ2) is 5.65. The molecule has 1 unspecified atom stereocenters. The average molecular weight is 263 g/mol. The van der Waals surface area contributed by atoms with E-state index in [-0.39, 0.29) is 23.9 Å². The summed E-state index contributed by atoms with van der Waals surface area (Å²) in [6.45, 7) is 3.56. The van der Waals surface area contributed by atoms with Crippen LogP contribution in [0.1, 0.15) is 39.5 Å². The Balaban J connectivity index is 1.97. The van der Waals surface area contributed by atoms with Crippen molar-refractivity contribution >= 4 is 17.5 Å². The van der Waals surface area contributed by atoms with Crippen molar-refractivity contribution < 1.29 is 9.59 Å². The number of amides is 2. The molecule has 2 amide bonds. The van der Waals surface area contributed by atoms with Gasteiger partial charge in [-0.3, -0.25) is 9.59 Å². The SMILES string of the molecule is CC1=CC(C)=NC(=O)C1C(=O)NC1CCC(N)CC1. The van der Waals surface area contributed by atoms with Crippen molar-refractivity contribution in [3.05, 3.63) is 11.6 Å². The van der Waals surface area contributed by atoms with Crippen molar-refractivity contribution in [2.45, 2.75) is 51.6 Å². The fourth-order valence-corrected chi connectivity index (χ4v) is 2.75. The zero-order valence-corrected chi connectivity index (χ0v) is 11.5. The lowest BCUT2D eigenvalue weighted by Crippen LogP contribution is -2.45. The molecule has 1 saturated carbocycles. The molecule has 5 nitrogen and oxygen atoms in total. The van der Waals surface area contributed by atoms with E-state index < -0.39 is 5.92 Å². The van der Waals surface area contributed by atoms with E-state index in [9.17, 15) is 9.59 Å². The molecule has 0 aromatic heterocycles. The summed E-state index contributed by atoms with van der Waals surface area (Å²) in [6, 6.07) is 0.387. The van der Waals surface area contributed by atoms with Gasteiger partial charge in [0.2, 0.25) is 5.91 Å². The molecule has 1 heterocycles. The lowest BCUT2D eigenvalue weighted by Gasteiger charge is -2.28. The monoisotopic (exact) mass is 263 g/mol. The van der Waals surface area contributed by atoms with Crippen molar-refractivity contribution in [2.24, 2.45) is 16.6 Å². The summed E-state index contributed by atoms with van der Waals surface area (Å²) in [5.74, 6) is -1.34. The van der Waals surface area contributed by atoms with Crippen LogP contribution < -0.4 is 11.1 Å². The van der Waals surface area contributed by atoms with Crippen LogP contribution >= 0.6 is 0 Å². The van der Waals surface area contributed by atoms with Crippen molar-refractivity contribution in [1.29, 1.82) is 0 Å². The number of carbonyl (C=O) groups excluding carboxylic acids is 2. The zero-order chi connectivity index (χ0) is 14.0. The molecule has 0 spiro atoms. The van der Waals surface area contributed by atoms with Crippen LogP contribution in [-0.4, -0.2) is 29.6 Å². The van der Waals surface area contributed by atoms with Gasteiger partial charge in [0.15, 0.2) is 0 Å². The topological polar surface area (TPSA) is 84.5 Å². The Kier molecular flexibility index (Phi) is 4.14. The van der Waals surface area contributed by atoms with Crippen molar-refractivity contribution in [2.75, 3.05) is 0 Å². The number of hydrogen-bond acceptors (Lipinski definition) is 3. The van der Waals surface area contributed by atoms with Crippen molar-refractivity contribution in [1.82, 2.24) is 5.32 Å². The Morgan fingerprint density at radius 1 is 1.32 bits per heavy atom. The third kappa shape index (κ3) is 3.29. The third-order valence-electron chi connectivity index (χ3n) is 3.81. The molecule has 3 N–H and O–H groups in total. The van der Waals surface area contributed by atoms with Gasteiger partial charge in [-0.25, -0.2) is 4.99 Å². The highest BCUT2D eigenvalue weighted by Crippen LogP contribution is 2.21. The molecule has 1 atom stereocenters. The molecule has 0 radical (unpaired) electrons. The first-order valence-corrected chi connectivity index (χ1v) is 6.80. The molecule has 5 heteroatoms. The largest absolute Gasteiger partial charge is 0.352 e. The first-order valence-electron chi connectivity index (χ1n) is 6.80. The molecular weight excluding hydrogens is 242 g/mol. The zero-order valence-electron chi connectivity index (χ0n) is 11.5. The van der Waals surface area contributed by atoms with E-state index in [1.807, 2.05) is 0 Å². The summed E-state index contributed by atoms with van der Waals surface area (Å²) in [7, 11) is 0. The van der Waals surface area contributed by atoms with Gasteiger partial charge in [-0.05, 0) is 51.2 Å². The minimum absolute atomic E-state index is 0.139. The highest BCUT2D eigenvalue weighted by atomic mass is 16.2. The molecule has 0 bridgehead atoms. The maximum Gasteiger partial charge on any atom is 0.262 e. The van der Waals surface area contributed by atoms with Gasteiger partial charge >= 0.3 is 0 Å². The summed E-state index contributed by atoms with van der Waals surface area (Å²) >= 11 is 0. The van der Waals surface area contributed by atoms with E-state index in [2.05, 4.69) is 10.3 Å². The van der Waals surface area contributed by atoms with Gasteiger partial charge in [0.1, 0.15) is 5.92 Å². The number of allylic oxidation sites excluding steroid dienone is 1. The van der Waals surface area contributed by atoms with Gasteiger partial charge in [-0.15, -0.1) is 0 Å². The number of nitrogens with two attached hydrogens (primary N) is 1. The van der Waals surface area contributed by atoms with Crippen LogP contribution in [0.2, 0.25) is 0 Å². The summed E-state index contributed by atoms with van der Waals surface area (Å²) < 4.78 is 0. The second-order valence-electron chi connectivity index (χ2n) is 5.53. The number of nitrogens with zero attached hydrogens (tertiary/aromatic N) is 1. The van der Waals surface area contributed by atoms with Gasteiger partial charge in [0, 0.05) is 17.8 Å². The normalized spacial score (nSPS) is 31.5. The summed E-state index contributed by atoms with van der Waals surface area (Å²) in [5, 5.41) is 2.96. The first-order chi connectivity index (χ1) is 8.97. The van der Waals surface area contributed by atoms with Crippen molar-refractivity contribution in [3.63, 3.8) is 0 Å². The molecule has 104 valence electrons. The van der Waals surface area contributed by atoms with Crippen LogP contribution in [0.3, 0.4) is 0 Å². The van der Waals surface area contributed by atoms with Gasteiger partial charge in [-0.2, -0.15) is 0 Å². The number of dihydropyridines is 1. The standard InChI is InChI=1S/C14H21N3O2/c1-8-7-9(2)16-13(18)12(8)14(19)17-11-5-3-10(15)4-6-11/h7,10-12H,3-6,15H2,1-2H3,(H,17,19). The molecule has 0 saturated heterocycles. The quantitative estimate of drug-likeness (QED) is 0.727. The molecule has 0 aromatic carbocycles. The van der Waals surface area contributed by atoms with Crippen LogP contribution in [0.15, 0.2) is 16.6 Å². The Hall–Kier alpha value is -1.49. The van der Waals surface area contributed by atoms with Crippen LogP contribution in [-0.2, 0) is 9.59 Å². The van der Waals surface area contributed by atoms with E-state index in [1.54, 1.807) is 19.9 Å². The van der Waals surface area contributed by atoms with E-state index in [4.69, 9.17) is 5.73 Å². The number of hydrogen-bond donors (Lipinski definition) is 2. The van der Waals surface area contributed by atoms with Gasteiger partial charge in [0.05, 0.1) is 0 Å². The summed E-state index contributed by atoms with van der Waals surface area (Å²) in [5.41, 5.74) is 7.26. The van der Waals surface area contributed by atoms with Crippen LogP contribution in [0.25, 0.3) is 0 Å². The predicted molar refractivity (Wildman–Crippen MR) is 73.7 cm³/mol. The number of aliphatic imine (C=N–C) groups is 1. The van der Waals surface area contributed by atoms with E-state index >= 15 is 0 Å². The smallest absolute Gasteiger partial charge is 0.262 e. The highest BCUT2D eigenvalue weighted by Gasteiger charge is 2.32. The molecular formula is C14H21N3O2.